The number of H-pyrrole nitrogens is 1. The molecule has 0 bridgehead atoms. The van der Waals surface area contributed by atoms with Crippen molar-refractivity contribution in [3.05, 3.63) is 63.8 Å². The summed E-state index contributed by atoms with van der Waals surface area (Å²) in [6.07, 6.45) is 3.68. The number of hydrogen-bond acceptors (Lipinski definition) is 3. The number of aromatic amines is 1. The van der Waals surface area contributed by atoms with Crippen LogP contribution in [0.2, 0.25) is 0 Å². The van der Waals surface area contributed by atoms with Gasteiger partial charge in [-0.25, -0.2) is 13.8 Å². The normalized spacial score (nSPS) is 16.3. The Morgan fingerprint density at radius 2 is 2.12 bits per heavy atom. The topological polar surface area (TPSA) is 74.8 Å². The maximum atomic E-state index is 14.0. The van der Waals surface area contributed by atoms with Crippen LogP contribution in [-0.2, 0) is 6.42 Å². The molecule has 1 aromatic carbocycles. The number of carbonyl (C=O) groups is 1. The largest absolute Gasteiger partial charge is 0.349 e. The molecular weight excluding hydrogens is 328 g/mol. The number of amides is 1. The van der Waals surface area contributed by atoms with Gasteiger partial charge < -0.3 is 10.3 Å². The first-order valence-corrected chi connectivity index (χ1v) is 8.15. The van der Waals surface area contributed by atoms with E-state index < -0.39 is 23.1 Å². The monoisotopic (exact) mass is 347 g/mol. The number of halogens is 2. The number of benzene rings is 1. The van der Waals surface area contributed by atoms with Gasteiger partial charge in [0.15, 0.2) is 5.82 Å². The van der Waals surface area contributed by atoms with Gasteiger partial charge in [-0.1, -0.05) is 13.0 Å². The van der Waals surface area contributed by atoms with E-state index in [4.69, 9.17) is 0 Å². The van der Waals surface area contributed by atoms with Crippen molar-refractivity contribution < 1.29 is 13.6 Å². The molecule has 132 valence electrons. The molecule has 5 nitrogen and oxygen atoms in total. The molecule has 1 amide bonds. The summed E-state index contributed by atoms with van der Waals surface area (Å²) in [6.45, 7) is 2.29. The molecule has 0 aliphatic heterocycles. The van der Waals surface area contributed by atoms with Crippen LogP contribution in [0.25, 0.3) is 0 Å². The Hall–Kier alpha value is -2.57. The third-order valence-corrected chi connectivity index (χ3v) is 4.71. The third kappa shape index (κ3) is 4.10. The highest BCUT2D eigenvalue weighted by molar-refractivity contribution is 5.90. The Morgan fingerprint density at radius 3 is 2.76 bits per heavy atom. The fraction of sp³-hybridized carbons (Fsp3) is 0.389. The molecule has 2 aromatic rings. The van der Waals surface area contributed by atoms with Gasteiger partial charge in [-0.15, -0.1) is 0 Å². The zero-order valence-corrected chi connectivity index (χ0v) is 13.8. The van der Waals surface area contributed by atoms with Crippen LogP contribution in [0.3, 0.4) is 0 Å². The van der Waals surface area contributed by atoms with Crippen molar-refractivity contribution in [2.24, 2.45) is 11.3 Å². The van der Waals surface area contributed by atoms with Crippen molar-refractivity contribution in [1.29, 1.82) is 0 Å². The van der Waals surface area contributed by atoms with Crippen LogP contribution in [0.4, 0.5) is 8.78 Å². The quantitative estimate of drug-likeness (QED) is 0.843. The van der Waals surface area contributed by atoms with E-state index in [0.29, 0.717) is 24.4 Å². The molecule has 0 radical (unpaired) electrons. The Morgan fingerprint density at radius 1 is 1.36 bits per heavy atom. The highest BCUT2D eigenvalue weighted by Gasteiger charge is 2.42. The van der Waals surface area contributed by atoms with E-state index in [9.17, 15) is 18.4 Å². The zero-order valence-electron chi connectivity index (χ0n) is 13.8. The molecular formula is C18H19F2N3O2. The van der Waals surface area contributed by atoms with Crippen molar-refractivity contribution in [2.75, 3.05) is 6.54 Å². The number of carbonyl (C=O) groups excluding carboxylic acids is 1. The molecule has 1 heterocycles. The van der Waals surface area contributed by atoms with Gasteiger partial charge in [-0.05, 0) is 42.2 Å². The van der Waals surface area contributed by atoms with E-state index in [1.807, 2.05) is 6.92 Å². The standard InChI is InChI=1S/C18H19F2N3O2/c1-18(12-3-4-12,9-11-2-5-13(19)8-14(11)20)10-22-17(25)16-21-7-6-15(24)23-16/h2,5-8,12H,3-4,9-10H2,1H3,(H,22,25)(H,21,23,24). The van der Waals surface area contributed by atoms with Crippen LogP contribution in [0.15, 0.2) is 35.3 Å². The molecule has 1 saturated carbocycles. The summed E-state index contributed by atoms with van der Waals surface area (Å²) in [5, 5.41) is 2.77. The molecule has 2 N–H and O–H groups in total. The summed E-state index contributed by atoms with van der Waals surface area (Å²) in [5.41, 5.74) is -0.335. The van der Waals surface area contributed by atoms with Crippen LogP contribution >= 0.6 is 0 Å². The fourth-order valence-corrected chi connectivity index (χ4v) is 3.08. The van der Waals surface area contributed by atoms with Gasteiger partial charge in [0.2, 0.25) is 0 Å². The second-order valence-electron chi connectivity index (χ2n) is 6.81. The average Bonchev–Trinajstić information content (AvgIpc) is 3.41. The second-order valence-corrected chi connectivity index (χ2v) is 6.81. The van der Waals surface area contributed by atoms with E-state index in [1.165, 1.54) is 24.4 Å². The molecule has 1 atom stereocenters. The highest BCUT2D eigenvalue weighted by atomic mass is 19.1. The first-order valence-electron chi connectivity index (χ1n) is 8.15. The second kappa shape index (κ2) is 6.74. The Balaban J connectivity index is 1.72. The van der Waals surface area contributed by atoms with Crippen LogP contribution in [-0.4, -0.2) is 22.4 Å². The Kier molecular flexibility index (Phi) is 4.65. The lowest BCUT2D eigenvalue weighted by Crippen LogP contribution is -2.39. The molecule has 1 aliphatic rings. The van der Waals surface area contributed by atoms with Crippen molar-refractivity contribution in [3.8, 4) is 0 Å². The van der Waals surface area contributed by atoms with Gasteiger partial charge in [0.1, 0.15) is 11.6 Å². The summed E-state index contributed by atoms with van der Waals surface area (Å²) in [6, 6.07) is 4.79. The predicted octanol–water partition coefficient (Wildman–Crippen LogP) is 2.44. The average molecular weight is 347 g/mol. The zero-order chi connectivity index (χ0) is 18.0. The molecule has 3 rings (SSSR count). The first kappa shape index (κ1) is 17.3. The summed E-state index contributed by atoms with van der Waals surface area (Å²) < 4.78 is 27.1. The Labute approximate surface area is 143 Å². The Bertz CT molecular complexity index is 848. The molecule has 0 spiro atoms. The van der Waals surface area contributed by atoms with Crippen LogP contribution in [0, 0.1) is 23.0 Å². The van der Waals surface area contributed by atoms with E-state index in [-0.39, 0.29) is 11.2 Å². The van der Waals surface area contributed by atoms with Gasteiger partial charge in [0.05, 0.1) is 0 Å². The summed E-state index contributed by atoms with van der Waals surface area (Å²) in [7, 11) is 0. The number of aromatic nitrogens is 2. The van der Waals surface area contributed by atoms with E-state index >= 15 is 0 Å². The minimum absolute atomic E-state index is 0.0568. The van der Waals surface area contributed by atoms with Gasteiger partial charge in [-0.2, -0.15) is 0 Å². The minimum atomic E-state index is -0.609. The maximum Gasteiger partial charge on any atom is 0.287 e. The number of hydrogen-bond donors (Lipinski definition) is 2. The molecule has 25 heavy (non-hydrogen) atoms. The summed E-state index contributed by atoms with van der Waals surface area (Å²) >= 11 is 0. The van der Waals surface area contributed by atoms with E-state index in [0.717, 1.165) is 18.9 Å². The fourth-order valence-electron chi connectivity index (χ4n) is 3.08. The maximum absolute atomic E-state index is 14.0. The minimum Gasteiger partial charge on any atom is -0.349 e. The van der Waals surface area contributed by atoms with Gasteiger partial charge in [0, 0.05) is 24.9 Å². The SMILES string of the molecule is CC(CNC(=O)c1nccc(=O)[nH]1)(Cc1ccc(F)cc1F)C1CC1. The van der Waals surface area contributed by atoms with Crippen LogP contribution < -0.4 is 10.9 Å². The lowest BCUT2D eigenvalue weighted by Gasteiger charge is -2.30. The number of nitrogens with zero attached hydrogens (tertiary/aromatic N) is 1. The summed E-state index contributed by atoms with van der Waals surface area (Å²) in [4.78, 5) is 29.7. The van der Waals surface area contributed by atoms with Crippen molar-refractivity contribution in [2.45, 2.75) is 26.2 Å². The lowest BCUT2D eigenvalue weighted by atomic mass is 9.78. The lowest BCUT2D eigenvalue weighted by molar-refractivity contribution is 0.0915. The van der Waals surface area contributed by atoms with Crippen molar-refractivity contribution in [3.63, 3.8) is 0 Å². The predicted molar refractivity (Wildman–Crippen MR) is 88.1 cm³/mol. The van der Waals surface area contributed by atoms with E-state index in [2.05, 4.69) is 15.3 Å². The molecule has 7 heteroatoms. The molecule has 0 saturated heterocycles. The van der Waals surface area contributed by atoms with Gasteiger partial charge in [0.25, 0.3) is 11.5 Å². The first-order chi connectivity index (χ1) is 11.9. The highest BCUT2D eigenvalue weighted by Crippen LogP contribution is 2.47. The molecule has 1 aliphatic carbocycles. The van der Waals surface area contributed by atoms with Crippen molar-refractivity contribution in [1.82, 2.24) is 15.3 Å². The van der Waals surface area contributed by atoms with E-state index in [1.54, 1.807) is 0 Å². The van der Waals surface area contributed by atoms with Gasteiger partial charge >= 0.3 is 0 Å². The van der Waals surface area contributed by atoms with Gasteiger partial charge in [-0.3, -0.25) is 9.59 Å². The molecule has 1 aromatic heterocycles. The number of nitrogens with one attached hydrogen (secondary N) is 2. The van der Waals surface area contributed by atoms with Crippen LogP contribution in [0.5, 0.6) is 0 Å². The van der Waals surface area contributed by atoms with Crippen LogP contribution in [0.1, 0.15) is 35.9 Å². The molecule has 1 unspecified atom stereocenters. The van der Waals surface area contributed by atoms with Crippen molar-refractivity contribution >= 4 is 5.91 Å². The summed E-state index contributed by atoms with van der Waals surface area (Å²) in [5.74, 6) is -1.36. The number of rotatable bonds is 6. The third-order valence-electron chi connectivity index (χ3n) is 4.71. The smallest absolute Gasteiger partial charge is 0.287 e. The molecule has 1 fully saturated rings.